The molecule has 0 bridgehead atoms. The van der Waals surface area contributed by atoms with Gasteiger partial charge in [0.1, 0.15) is 10.3 Å². The van der Waals surface area contributed by atoms with Crippen LogP contribution in [0.15, 0.2) is 12.1 Å². The highest BCUT2D eigenvalue weighted by Gasteiger charge is 2.16. The molecule has 0 radical (unpaired) electrons. The van der Waals surface area contributed by atoms with Crippen molar-refractivity contribution >= 4 is 35.0 Å². The van der Waals surface area contributed by atoms with Gasteiger partial charge in [0, 0.05) is 26.3 Å². The van der Waals surface area contributed by atoms with Gasteiger partial charge in [0.2, 0.25) is 5.91 Å². The average molecular weight is 320 g/mol. The van der Waals surface area contributed by atoms with Crippen LogP contribution < -0.4 is 5.32 Å². The summed E-state index contributed by atoms with van der Waals surface area (Å²) in [6.07, 6.45) is 0. The Morgan fingerprint density at radius 3 is 2.50 bits per heavy atom. The number of nitrogens with one attached hydrogen (secondary N) is 1. The first kappa shape index (κ1) is 16.7. The predicted octanol–water partition coefficient (Wildman–Crippen LogP) is 1.22. The molecule has 0 saturated carbocycles. The monoisotopic (exact) mass is 319 g/mol. The zero-order valence-electron chi connectivity index (χ0n) is 11.2. The van der Waals surface area contributed by atoms with E-state index in [1.165, 1.54) is 24.1 Å². The number of aromatic nitrogens is 1. The second-order valence-electron chi connectivity index (χ2n) is 4.01. The molecule has 0 aromatic carbocycles. The van der Waals surface area contributed by atoms with Gasteiger partial charge in [0.05, 0.1) is 13.2 Å². The minimum absolute atomic E-state index is 0.0693. The molecule has 8 heteroatoms. The van der Waals surface area contributed by atoms with E-state index in [1.54, 1.807) is 7.11 Å². The number of amides is 2. The van der Waals surface area contributed by atoms with E-state index in [0.29, 0.717) is 13.2 Å². The number of hydrogen-bond donors (Lipinski definition) is 1. The molecule has 0 saturated heterocycles. The second kappa shape index (κ2) is 8.04. The number of nitrogens with zero attached hydrogens (tertiary/aromatic N) is 2. The number of carbonyl (C=O) groups is 2. The Hall–Kier alpha value is -1.37. The fourth-order valence-corrected chi connectivity index (χ4v) is 1.90. The number of hydrogen-bond acceptors (Lipinski definition) is 4. The first-order valence-corrected chi connectivity index (χ1v) is 6.54. The molecule has 0 aliphatic carbocycles. The molecule has 1 aromatic rings. The SMILES string of the molecule is COCCNC(=O)CN(C)C(=O)c1cc(Cl)nc(Cl)c1. The van der Waals surface area contributed by atoms with E-state index in [9.17, 15) is 9.59 Å². The lowest BCUT2D eigenvalue weighted by Crippen LogP contribution is -2.39. The fraction of sp³-hybridized carbons (Fsp3) is 0.417. The highest BCUT2D eigenvalue weighted by atomic mass is 35.5. The first-order chi connectivity index (χ1) is 9.43. The van der Waals surface area contributed by atoms with E-state index in [1.807, 2.05) is 0 Å². The van der Waals surface area contributed by atoms with E-state index in [2.05, 4.69) is 10.3 Å². The topological polar surface area (TPSA) is 71.5 Å². The fourth-order valence-electron chi connectivity index (χ4n) is 1.44. The van der Waals surface area contributed by atoms with Crippen LogP contribution in [-0.4, -0.2) is 55.6 Å². The molecule has 1 aromatic heterocycles. The number of pyridine rings is 1. The van der Waals surface area contributed by atoms with Crippen molar-refractivity contribution in [1.82, 2.24) is 15.2 Å². The molecule has 0 spiro atoms. The van der Waals surface area contributed by atoms with Gasteiger partial charge >= 0.3 is 0 Å². The van der Waals surface area contributed by atoms with Crippen LogP contribution in [0.25, 0.3) is 0 Å². The van der Waals surface area contributed by atoms with Gasteiger partial charge in [-0.2, -0.15) is 0 Å². The summed E-state index contributed by atoms with van der Waals surface area (Å²) >= 11 is 11.5. The molecule has 0 unspecified atom stereocenters. The summed E-state index contributed by atoms with van der Waals surface area (Å²) in [5, 5.41) is 2.87. The molecule has 1 N–H and O–H groups in total. The maximum absolute atomic E-state index is 12.1. The quantitative estimate of drug-likeness (QED) is 0.632. The van der Waals surface area contributed by atoms with Crippen LogP contribution in [0, 0.1) is 0 Å². The number of ether oxygens (including phenoxy) is 1. The Kier molecular flexibility index (Phi) is 6.70. The van der Waals surface area contributed by atoms with Gasteiger partial charge in [0.25, 0.3) is 5.91 Å². The average Bonchev–Trinajstić information content (AvgIpc) is 2.36. The third-order valence-corrected chi connectivity index (χ3v) is 2.75. The van der Waals surface area contributed by atoms with E-state index in [4.69, 9.17) is 27.9 Å². The lowest BCUT2D eigenvalue weighted by atomic mass is 10.2. The Bertz CT molecular complexity index is 477. The zero-order chi connectivity index (χ0) is 15.1. The lowest BCUT2D eigenvalue weighted by Gasteiger charge is -2.17. The summed E-state index contributed by atoms with van der Waals surface area (Å²) in [5.74, 6) is -0.637. The van der Waals surface area contributed by atoms with Gasteiger partial charge in [-0.3, -0.25) is 9.59 Å². The molecule has 1 rings (SSSR count). The van der Waals surface area contributed by atoms with Gasteiger partial charge in [0.15, 0.2) is 0 Å². The Labute approximate surface area is 127 Å². The third kappa shape index (κ3) is 5.32. The van der Waals surface area contributed by atoms with E-state index >= 15 is 0 Å². The minimum Gasteiger partial charge on any atom is -0.383 e. The zero-order valence-corrected chi connectivity index (χ0v) is 12.7. The van der Waals surface area contributed by atoms with Crippen molar-refractivity contribution in [3.05, 3.63) is 28.0 Å². The largest absolute Gasteiger partial charge is 0.383 e. The van der Waals surface area contributed by atoms with Crippen LogP contribution in [0.4, 0.5) is 0 Å². The molecule has 6 nitrogen and oxygen atoms in total. The number of rotatable bonds is 6. The van der Waals surface area contributed by atoms with Crippen molar-refractivity contribution in [3.63, 3.8) is 0 Å². The number of halogens is 2. The predicted molar refractivity (Wildman–Crippen MR) is 76.1 cm³/mol. The molecular weight excluding hydrogens is 305 g/mol. The molecule has 0 atom stereocenters. The van der Waals surface area contributed by atoms with Crippen molar-refractivity contribution in [3.8, 4) is 0 Å². The standard InChI is InChI=1S/C12H15Cl2N3O3/c1-17(7-11(18)15-3-4-20-2)12(19)8-5-9(13)16-10(14)6-8/h5-6H,3-4,7H2,1-2H3,(H,15,18). The molecule has 110 valence electrons. The van der Waals surface area contributed by atoms with E-state index in [-0.39, 0.29) is 34.2 Å². The van der Waals surface area contributed by atoms with Crippen LogP contribution in [0.5, 0.6) is 0 Å². The minimum atomic E-state index is -0.363. The number of likely N-dealkylation sites (N-methyl/N-ethyl adjacent to an activating group) is 1. The van der Waals surface area contributed by atoms with Crippen LogP contribution in [0.3, 0.4) is 0 Å². The molecule has 1 heterocycles. The summed E-state index contributed by atoms with van der Waals surface area (Å²) in [4.78, 5) is 28.7. The molecule has 0 aliphatic rings. The van der Waals surface area contributed by atoms with Gasteiger partial charge in [-0.25, -0.2) is 4.98 Å². The van der Waals surface area contributed by atoms with E-state index < -0.39 is 0 Å². The highest BCUT2D eigenvalue weighted by molar-refractivity contribution is 6.33. The van der Waals surface area contributed by atoms with Crippen LogP contribution in [-0.2, 0) is 9.53 Å². The summed E-state index contributed by atoms with van der Waals surface area (Å²) in [5.41, 5.74) is 0.280. The molecule has 2 amide bonds. The Balaban J connectivity index is 2.60. The first-order valence-electron chi connectivity index (χ1n) is 5.78. The number of carbonyl (C=O) groups excluding carboxylic acids is 2. The van der Waals surface area contributed by atoms with Crippen LogP contribution in [0.1, 0.15) is 10.4 Å². The Morgan fingerprint density at radius 2 is 1.95 bits per heavy atom. The third-order valence-electron chi connectivity index (χ3n) is 2.37. The summed E-state index contributed by atoms with van der Waals surface area (Å²) in [6.45, 7) is 0.739. The summed E-state index contributed by atoms with van der Waals surface area (Å²) < 4.78 is 4.81. The van der Waals surface area contributed by atoms with Crippen LogP contribution in [0.2, 0.25) is 10.3 Å². The lowest BCUT2D eigenvalue weighted by molar-refractivity contribution is -0.121. The normalized spacial score (nSPS) is 10.2. The summed E-state index contributed by atoms with van der Waals surface area (Å²) in [6, 6.07) is 2.80. The van der Waals surface area contributed by atoms with Gasteiger partial charge in [-0.15, -0.1) is 0 Å². The maximum atomic E-state index is 12.1. The van der Waals surface area contributed by atoms with Crippen molar-refractivity contribution in [1.29, 1.82) is 0 Å². The molecule has 0 aliphatic heterocycles. The maximum Gasteiger partial charge on any atom is 0.254 e. The second-order valence-corrected chi connectivity index (χ2v) is 4.78. The van der Waals surface area contributed by atoms with Crippen molar-refractivity contribution < 1.29 is 14.3 Å². The smallest absolute Gasteiger partial charge is 0.254 e. The van der Waals surface area contributed by atoms with Crippen LogP contribution >= 0.6 is 23.2 Å². The van der Waals surface area contributed by atoms with Gasteiger partial charge < -0.3 is 15.0 Å². The highest BCUT2D eigenvalue weighted by Crippen LogP contribution is 2.15. The van der Waals surface area contributed by atoms with Gasteiger partial charge in [-0.05, 0) is 12.1 Å². The van der Waals surface area contributed by atoms with Gasteiger partial charge in [-0.1, -0.05) is 23.2 Å². The Morgan fingerprint density at radius 1 is 1.35 bits per heavy atom. The van der Waals surface area contributed by atoms with E-state index in [0.717, 1.165) is 0 Å². The molecule has 0 fully saturated rings. The molecular formula is C12H15Cl2N3O3. The summed E-state index contributed by atoms with van der Waals surface area (Å²) in [7, 11) is 3.05. The number of methoxy groups -OCH3 is 1. The van der Waals surface area contributed by atoms with Crippen molar-refractivity contribution in [2.45, 2.75) is 0 Å². The molecule has 20 heavy (non-hydrogen) atoms. The van der Waals surface area contributed by atoms with Crippen molar-refractivity contribution in [2.24, 2.45) is 0 Å². The van der Waals surface area contributed by atoms with Crippen molar-refractivity contribution in [2.75, 3.05) is 33.9 Å².